The Labute approximate surface area is 217 Å². The van der Waals surface area contributed by atoms with Crippen LogP contribution < -0.4 is 19.5 Å². The van der Waals surface area contributed by atoms with Crippen molar-refractivity contribution in [3.8, 4) is 17.2 Å². The first kappa shape index (κ1) is 25.9. The molecule has 4 rings (SSSR count). The molecule has 0 fully saturated rings. The number of amides is 3. The fourth-order valence-electron chi connectivity index (χ4n) is 4.67. The van der Waals surface area contributed by atoms with Gasteiger partial charge in [-0.25, -0.2) is 4.79 Å². The highest BCUT2D eigenvalue weighted by Gasteiger charge is 2.33. The Morgan fingerprint density at radius 3 is 2.35 bits per heavy atom. The van der Waals surface area contributed by atoms with Crippen LogP contribution in [0.3, 0.4) is 0 Å². The molecule has 3 aromatic rings. The van der Waals surface area contributed by atoms with Gasteiger partial charge in [-0.05, 0) is 36.2 Å². The first-order valence-electron chi connectivity index (χ1n) is 12.3. The van der Waals surface area contributed by atoms with Gasteiger partial charge in [0.15, 0.2) is 0 Å². The van der Waals surface area contributed by atoms with Gasteiger partial charge in [0.05, 0.1) is 27.4 Å². The van der Waals surface area contributed by atoms with E-state index in [1.54, 1.807) is 44.4 Å². The van der Waals surface area contributed by atoms with Crippen LogP contribution in [0.1, 0.15) is 30.6 Å². The van der Waals surface area contributed by atoms with Crippen molar-refractivity contribution in [2.75, 3.05) is 46.3 Å². The van der Waals surface area contributed by atoms with Gasteiger partial charge >= 0.3 is 6.03 Å². The summed E-state index contributed by atoms with van der Waals surface area (Å²) < 4.78 is 18.2. The maximum Gasteiger partial charge on any atom is 0.322 e. The summed E-state index contributed by atoms with van der Waals surface area (Å²) >= 11 is 0. The lowest BCUT2D eigenvalue weighted by Crippen LogP contribution is -2.48. The molecule has 0 aliphatic carbocycles. The number of carbonyl (C=O) groups is 2. The van der Waals surface area contributed by atoms with Crippen LogP contribution in [0.5, 0.6) is 17.2 Å². The number of aromatic nitrogens is 1. The fraction of sp³-hybridized carbons (Fsp3) is 0.357. The van der Waals surface area contributed by atoms with Crippen molar-refractivity contribution < 1.29 is 23.8 Å². The standard InChI is InChI=1S/C28H34N4O5/c1-5-11-31(28(34)29-21-16-23(36-3)18-24(17-21)37-4)19-26(33)32-14-13-30-12-7-10-25(30)27(32)20-8-6-9-22(15-20)35-2/h6-10,12,15-18,27H,5,11,13-14,19H2,1-4H3,(H,29,34). The van der Waals surface area contributed by atoms with Crippen molar-refractivity contribution in [3.05, 3.63) is 72.1 Å². The van der Waals surface area contributed by atoms with E-state index in [0.29, 0.717) is 43.2 Å². The van der Waals surface area contributed by atoms with Crippen LogP contribution in [-0.2, 0) is 11.3 Å². The molecule has 1 aliphatic rings. The number of hydrogen-bond donors (Lipinski definition) is 1. The van der Waals surface area contributed by atoms with Crippen LogP contribution in [0.25, 0.3) is 0 Å². The smallest absolute Gasteiger partial charge is 0.322 e. The Balaban J connectivity index is 1.56. The molecule has 37 heavy (non-hydrogen) atoms. The van der Waals surface area contributed by atoms with Crippen LogP contribution >= 0.6 is 0 Å². The lowest BCUT2D eigenvalue weighted by Gasteiger charge is -2.38. The number of methoxy groups -OCH3 is 3. The number of urea groups is 1. The van der Waals surface area contributed by atoms with Gasteiger partial charge in [-0.3, -0.25) is 4.79 Å². The maximum atomic E-state index is 13.7. The Morgan fingerprint density at radius 1 is 0.946 bits per heavy atom. The van der Waals surface area contributed by atoms with Crippen molar-refractivity contribution in [1.29, 1.82) is 0 Å². The zero-order chi connectivity index (χ0) is 26.4. The van der Waals surface area contributed by atoms with Crippen molar-refractivity contribution in [3.63, 3.8) is 0 Å². The molecule has 1 atom stereocenters. The molecule has 0 radical (unpaired) electrons. The van der Waals surface area contributed by atoms with Crippen LogP contribution in [0.4, 0.5) is 10.5 Å². The van der Waals surface area contributed by atoms with Crippen molar-refractivity contribution in [2.24, 2.45) is 0 Å². The summed E-state index contributed by atoms with van der Waals surface area (Å²) in [4.78, 5) is 30.4. The van der Waals surface area contributed by atoms with E-state index in [0.717, 1.165) is 17.0 Å². The number of anilines is 1. The molecule has 1 aliphatic heterocycles. The van der Waals surface area contributed by atoms with E-state index in [9.17, 15) is 9.59 Å². The highest BCUT2D eigenvalue weighted by molar-refractivity contribution is 5.93. The Kier molecular flexibility index (Phi) is 8.22. The fourth-order valence-corrected chi connectivity index (χ4v) is 4.67. The number of ether oxygens (including phenoxy) is 3. The monoisotopic (exact) mass is 506 g/mol. The average Bonchev–Trinajstić information content (AvgIpc) is 3.40. The number of nitrogens with one attached hydrogen (secondary N) is 1. The number of carbonyl (C=O) groups excluding carboxylic acids is 2. The van der Waals surface area contributed by atoms with E-state index < -0.39 is 0 Å². The lowest BCUT2D eigenvalue weighted by molar-refractivity contribution is -0.134. The predicted molar refractivity (Wildman–Crippen MR) is 141 cm³/mol. The molecule has 1 aromatic heterocycles. The van der Waals surface area contributed by atoms with Gasteiger partial charge < -0.3 is 33.9 Å². The molecule has 2 heterocycles. The van der Waals surface area contributed by atoms with Crippen LogP contribution in [0, 0.1) is 0 Å². The first-order chi connectivity index (χ1) is 18.0. The molecular formula is C28H34N4O5. The van der Waals surface area contributed by atoms with Crippen LogP contribution in [0.2, 0.25) is 0 Å². The van der Waals surface area contributed by atoms with E-state index in [2.05, 4.69) is 9.88 Å². The van der Waals surface area contributed by atoms with Crippen molar-refractivity contribution >= 4 is 17.6 Å². The van der Waals surface area contributed by atoms with E-state index in [-0.39, 0.29) is 24.5 Å². The van der Waals surface area contributed by atoms with Gasteiger partial charge in [-0.2, -0.15) is 0 Å². The molecule has 9 heteroatoms. The Bertz CT molecular complexity index is 1220. The summed E-state index contributed by atoms with van der Waals surface area (Å²) in [6.07, 6.45) is 2.74. The van der Waals surface area contributed by atoms with Crippen molar-refractivity contribution in [1.82, 2.24) is 14.4 Å². The molecule has 3 amide bonds. The van der Waals surface area contributed by atoms with Crippen LogP contribution in [-0.4, -0.2) is 67.3 Å². The third kappa shape index (κ3) is 5.82. The van der Waals surface area contributed by atoms with Gasteiger partial charge in [-0.15, -0.1) is 0 Å². The van der Waals surface area contributed by atoms with Gasteiger partial charge in [0.2, 0.25) is 5.91 Å². The molecule has 9 nitrogen and oxygen atoms in total. The third-order valence-corrected chi connectivity index (χ3v) is 6.48. The second-order valence-electron chi connectivity index (χ2n) is 8.85. The molecule has 1 unspecified atom stereocenters. The summed E-state index contributed by atoms with van der Waals surface area (Å²) in [7, 11) is 4.73. The van der Waals surface area contributed by atoms with Crippen molar-refractivity contribution in [2.45, 2.75) is 25.9 Å². The molecule has 0 bridgehead atoms. The summed E-state index contributed by atoms with van der Waals surface area (Å²) in [5.74, 6) is 1.73. The molecule has 0 spiro atoms. The highest BCUT2D eigenvalue weighted by Crippen LogP contribution is 2.34. The molecule has 196 valence electrons. The average molecular weight is 507 g/mol. The summed E-state index contributed by atoms with van der Waals surface area (Å²) in [6, 6.07) is 16.3. The lowest BCUT2D eigenvalue weighted by atomic mass is 9.99. The highest BCUT2D eigenvalue weighted by atomic mass is 16.5. The van der Waals surface area contributed by atoms with Gasteiger partial charge in [0, 0.05) is 55.4 Å². The summed E-state index contributed by atoms with van der Waals surface area (Å²) in [6.45, 7) is 3.61. The second kappa shape index (κ2) is 11.7. The first-order valence-corrected chi connectivity index (χ1v) is 12.3. The molecular weight excluding hydrogens is 472 g/mol. The quantitative estimate of drug-likeness (QED) is 0.465. The van der Waals surface area contributed by atoms with E-state index in [4.69, 9.17) is 14.2 Å². The summed E-state index contributed by atoms with van der Waals surface area (Å²) in [5, 5.41) is 2.89. The predicted octanol–water partition coefficient (Wildman–Crippen LogP) is 4.39. The molecule has 0 saturated carbocycles. The number of hydrogen-bond acceptors (Lipinski definition) is 5. The molecule has 1 N–H and O–H groups in total. The van der Waals surface area contributed by atoms with E-state index in [1.165, 1.54) is 0 Å². The second-order valence-corrected chi connectivity index (χ2v) is 8.85. The topological polar surface area (TPSA) is 85.3 Å². The normalized spacial score (nSPS) is 14.5. The SMILES string of the molecule is CCCN(CC(=O)N1CCn2cccc2C1c1cccc(OC)c1)C(=O)Nc1cc(OC)cc(OC)c1. The minimum absolute atomic E-state index is 0.0397. The largest absolute Gasteiger partial charge is 0.497 e. The van der Waals surface area contributed by atoms with Gasteiger partial charge in [-0.1, -0.05) is 19.1 Å². The number of benzene rings is 2. The number of nitrogens with zero attached hydrogens (tertiary/aromatic N) is 3. The minimum atomic E-state index is -0.358. The molecule has 0 saturated heterocycles. The number of rotatable bonds is 9. The molecule has 2 aromatic carbocycles. The van der Waals surface area contributed by atoms with Gasteiger partial charge in [0.25, 0.3) is 0 Å². The van der Waals surface area contributed by atoms with Crippen LogP contribution in [0.15, 0.2) is 60.8 Å². The van der Waals surface area contributed by atoms with Gasteiger partial charge in [0.1, 0.15) is 23.8 Å². The zero-order valence-corrected chi connectivity index (χ0v) is 21.8. The summed E-state index contributed by atoms with van der Waals surface area (Å²) in [5.41, 5.74) is 2.52. The third-order valence-electron chi connectivity index (χ3n) is 6.48. The Hall–Kier alpha value is -4.14. The van der Waals surface area contributed by atoms with E-state index >= 15 is 0 Å². The number of fused-ring (bicyclic) bond motifs is 1. The Morgan fingerprint density at radius 2 is 1.68 bits per heavy atom. The zero-order valence-electron chi connectivity index (χ0n) is 21.8. The minimum Gasteiger partial charge on any atom is -0.497 e. The maximum absolute atomic E-state index is 13.7. The van der Waals surface area contributed by atoms with E-state index in [1.807, 2.05) is 54.4 Å².